The van der Waals surface area contributed by atoms with Gasteiger partial charge in [0.05, 0.1) is 0 Å². The number of rotatable bonds is 2. The van der Waals surface area contributed by atoms with Crippen molar-refractivity contribution in [3.05, 3.63) is 59.2 Å². The normalized spacial score (nSPS) is 19.0. The molecule has 0 saturated carbocycles. The second-order valence-corrected chi connectivity index (χ2v) is 5.08. The molecule has 1 amide bonds. The summed E-state index contributed by atoms with van der Waals surface area (Å²) in [6.45, 7) is 0.542. The minimum atomic E-state index is -0.904. The first-order chi connectivity index (χ1) is 10.2. The summed E-state index contributed by atoms with van der Waals surface area (Å²) in [6, 6.07) is 12.7. The van der Waals surface area contributed by atoms with Crippen LogP contribution in [0, 0.1) is 0 Å². The number of hydrogen-bond donors (Lipinski definition) is 1. The van der Waals surface area contributed by atoms with Crippen molar-refractivity contribution >= 4 is 5.91 Å². The molecule has 0 spiro atoms. The van der Waals surface area contributed by atoms with Gasteiger partial charge in [-0.25, -0.2) is 0 Å². The van der Waals surface area contributed by atoms with Crippen LogP contribution in [0.2, 0.25) is 0 Å². The number of fused-ring (bicyclic) bond motifs is 2. The average molecular weight is 283 g/mol. The lowest BCUT2D eigenvalue weighted by Crippen LogP contribution is -2.27. The molecule has 4 rings (SSSR count). The number of aliphatic hydroxyl groups is 1. The minimum absolute atomic E-state index is 0.157. The lowest BCUT2D eigenvalue weighted by molar-refractivity contribution is 0.0137. The summed E-state index contributed by atoms with van der Waals surface area (Å²) in [4.78, 5) is 13.8. The summed E-state index contributed by atoms with van der Waals surface area (Å²) in [5.41, 5.74) is 2.11. The number of carbonyl (C=O) groups excluding carboxylic acids is 1. The lowest BCUT2D eigenvalue weighted by Gasteiger charge is -2.21. The Morgan fingerprint density at radius 3 is 2.81 bits per heavy atom. The van der Waals surface area contributed by atoms with Gasteiger partial charge in [0.2, 0.25) is 6.79 Å². The zero-order chi connectivity index (χ0) is 14.4. The fourth-order valence-corrected chi connectivity index (χ4v) is 2.74. The first-order valence-electron chi connectivity index (χ1n) is 6.70. The summed E-state index contributed by atoms with van der Waals surface area (Å²) >= 11 is 0. The Labute approximate surface area is 121 Å². The first kappa shape index (κ1) is 12.2. The summed E-state index contributed by atoms with van der Waals surface area (Å²) in [6.07, 6.45) is -0.904. The lowest BCUT2D eigenvalue weighted by atomic mass is 10.1. The van der Waals surface area contributed by atoms with Gasteiger partial charge >= 0.3 is 0 Å². The molecule has 0 saturated heterocycles. The molecule has 0 aliphatic carbocycles. The first-order valence-corrected chi connectivity index (χ1v) is 6.70. The summed E-state index contributed by atoms with van der Waals surface area (Å²) in [5.74, 6) is 1.22. The molecular weight excluding hydrogens is 270 g/mol. The Hall–Kier alpha value is -2.53. The van der Waals surface area contributed by atoms with Crippen LogP contribution in [0.5, 0.6) is 11.5 Å². The van der Waals surface area contributed by atoms with E-state index in [1.807, 2.05) is 24.3 Å². The van der Waals surface area contributed by atoms with Crippen molar-refractivity contribution in [2.24, 2.45) is 0 Å². The number of amides is 1. The average Bonchev–Trinajstić information content (AvgIpc) is 3.06. The molecule has 2 aliphatic rings. The molecule has 0 radical (unpaired) electrons. The molecule has 2 aromatic carbocycles. The highest BCUT2D eigenvalue weighted by atomic mass is 16.7. The predicted octanol–water partition coefficient (Wildman–Crippen LogP) is 2.06. The molecule has 0 bridgehead atoms. The van der Waals surface area contributed by atoms with Crippen LogP contribution in [0.4, 0.5) is 0 Å². The van der Waals surface area contributed by atoms with Crippen molar-refractivity contribution < 1.29 is 19.4 Å². The quantitative estimate of drug-likeness (QED) is 0.916. The van der Waals surface area contributed by atoms with E-state index < -0.39 is 6.23 Å². The second-order valence-electron chi connectivity index (χ2n) is 5.08. The van der Waals surface area contributed by atoms with Crippen molar-refractivity contribution in [3.63, 3.8) is 0 Å². The maximum Gasteiger partial charge on any atom is 0.256 e. The highest BCUT2D eigenvalue weighted by Gasteiger charge is 2.35. The van der Waals surface area contributed by atoms with Gasteiger partial charge in [0.1, 0.15) is 0 Å². The van der Waals surface area contributed by atoms with Crippen LogP contribution < -0.4 is 9.47 Å². The Bertz CT molecular complexity index is 728. The van der Waals surface area contributed by atoms with Gasteiger partial charge in [-0.15, -0.1) is 0 Å². The summed E-state index contributed by atoms with van der Waals surface area (Å²) < 4.78 is 10.6. The molecule has 106 valence electrons. The molecule has 0 fully saturated rings. The number of benzene rings is 2. The maximum atomic E-state index is 12.4. The van der Waals surface area contributed by atoms with E-state index in [-0.39, 0.29) is 12.7 Å². The number of carbonyl (C=O) groups is 1. The monoisotopic (exact) mass is 283 g/mol. The van der Waals surface area contributed by atoms with Crippen LogP contribution in [0.25, 0.3) is 0 Å². The Kier molecular flexibility index (Phi) is 2.62. The van der Waals surface area contributed by atoms with Crippen molar-refractivity contribution in [1.82, 2.24) is 4.90 Å². The standard InChI is InChI=1S/C16H13NO4/c18-15-11-3-1-2-4-12(11)16(19)17(15)8-10-5-6-13-14(7-10)21-9-20-13/h1-7,15,18H,8-9H2/t15-/m0/s1. The molecule has 2 aliphatic heterocycles. The Morgan fingerprint density at radius 2 is 1.95 bits per heavy atom. The molecule has 0 unspecified atom stereocenters. The van der Waals surface area contributed by atoms with E-state index in [1.54, 1.807) is 18.2 Å². The van der Waals surface area contributed by atoms with Gasteiger partial charge in [0.15, 0.2) is 17.7 Å². The molecule has 2 heterocycles. The fourth-order valence-electron chi connectivity index (χ4n) is 2.74. The van der Waals surface area contributed by atoms with Crippen molar-refractivity contribution in [2.75, 3.05) is 6.79 Å². The highest BCUT2D eigenvalue weighted by Crippen LogP contribution is 2.36. The van der Waals surface area contributed by atoms with Gasteiger partial charge in [-0.05, 0) is 23.8 Å². The van der Waals surface area contributed by atoms with Crippen molar-refractivity contribution in [3.8, 4) is 11.5 Å². The molecule has 1 atom stereocenters. The van der Waals surface area contributed by atoms with Crippen LogP contribution in [-0.2, 0) is 6.54 Å². The topological polar surface area (TPSA) is 59.0 Å². The molecule has 21 heavy (non-hydrogen) atoms. The number of nitrogens with zero attached hydrogens (tertiary/aromatic N) is 1. The van der Waals surface area contributed by atoms with Gasteiger partial charge < -0.3 is 19.5 Å². The number of ether oxygens (including phenoxy) is 2. The van der Waals surface area contributed by atoms with E-state index in [1.165, 1.54) is 4.90 Å². The zero-order valence-electron chi connectivity index (χ0n) is 11.2. The molecule has 5 nitrogen and oxygen atoms in total. The third-order valence-electron chi connectivity index (χ3n) is 3.82. The van der Waals surface area contributed by atoms with Crippen molar-refractivity contribution in [2.45, 2.75) is 12.8 Å². The Morgan fingerprint density at radius 1 is 1.14 bits per heavy atom. The molecule has 1 N–H and O–H groups in total. The third kappa shape index (κ3) is 1.86. The number of aliphatic hydroxyl groups excluding tert-OH is 1. The number of hydrogen-bond acceptors (Lipinski definition) is 4. The van der Waals surface area contributed by atoms with E-state index in [9.17, 15) is 9.90 Å². The third-order valence-corrected chi connectivity index (χ3v) is 3.82. The van der Waals surface area contributed by atoms with E-state index in [0.29, 0.717) is 29.2 Å². The maximum absolute atomic E-state index is 12.4. The van der Waals surface area contributed by atoms with Gasteiger partial charge in [-0.2, -0.15) is 0 Å². The molecule has 5 heteroatoms. The summed E-state index contributed by atoms with van der Waals surface area (Å²) in [5, 5.41) is 10.3. The SMILES string of the molecule is O=C1c2ccccc2[C@H](O)N1Cc1ccc2c(c1)OCO2. The highest BCUT2D eigenvalue weighted by molar-refractivity contribution is 5.98. The molecule has 0 aromatic heterocycles. The van der Waals surface area contributed by atoms with Gasteiger partial charge in [0, 0.05) is 17.7 Å². The van der Waals surface area contributed by atoms with Gasteiger partial charge in [0.25, 0.3) is 5.91 Å². The van der Waals surface area contributed by atoms with Crippen LogP contribution in [0.15, 0.2) is 42.5 Å². The van der Waals surface area contributed by atoms with Crippen LogP contribution in [0.3, 0.4) is 0 Å². The molecular formula is C16H13NO4. The largest absolute Gasteiger partial charge is 0.454 e. The Balaban J connectivity index is 1.63. The van der Waals surface area contributed by atoms with E-state index in [4.69, 9.17) is 9.47 Å². The van der Waals surface area contributed by atoms with E-state index in [0.717, 1.165) is 5.56 Å². The van der Waals surface area contributed by atoms with Gasteiger partial charge in [-0.1, -0.05) is 24.3 Å². The minimum Gasteiger partial charge on any atom is -0.454 e. The van der Waals surface area contributed by atoms with E-state index in [2.05, 4.69) is 0 Å². The van der Waals surface area contributed by atoms with Crippen LogP contribution >= 0.6 is 0 Å². The van der Waals surface area contributed by atoms with E-state index >= 15 is 0 Å². The summed E-state index contributed by atoms with van der Waals surface area (Å²) in [7, 11) is 0. The predicted molar refractivity (Wildman–Crippen MR) is 73.8 cm³/mol. The smallest absolute Gasteiger partial charge is 0.256 e. The van der Waals surface area contributed by atoms with Crippen LogP contribution in [0.1, 0.15) is 27.7 Å². The van der Waals surface area contributed by atoms with Crippen LogP contribution in [-0.4, -0.2) is 22.7 Å². The zero-order valence-corrected chi connectivity index (χ0v) is 11.2. The van der Waals surface area contributed by atoms with Crippen molar-refractivity contribution in [1.29, 1.82) is 0 Å². The molecule has 2 aromatic rings. The fraction of sp³-hybridized carbons (Fsp3) is 0.188. The van der Waals surface area contributed by atoms with Gasteiger partial charge in [-0.3, -0.25) is 4.79 Å². The second kappa shape index (κ2) is 4.49.